The van der Waals surface area contributed by atoms with Gasteiger partial charge < -0.3 is 20.7 Å². The minimum absolute atomic E-state index is 0.165. The largest absolute Gasteiger partial charge is 0.377 e. The number of rotatable bonds is 4. The molecule has 94 valence electrons. The topological polar surface area (TPSA) is 50.5 Å². The number of hydrogen-bond donors (Lipinski definition) is 2. The quantitative estimate of drug-likeness (QED) is 0.719. The lowest BCUT2D eigenvalue weighted by Gasteiger charge is -2.41. The third kappa shape index (κ3) is 2.94. The number of ether oxygens (including phenoxy) is 1. The molecule has 2 aliphatic rings. The van der Waals surface area contributed by atoms with Gasteiger partial charge in [-0.05, 0) is 45.8 Å². The van der Waals surface area contributed by atoms with E-state index in [4.69, 9.17) is 10.5 Å². The molecule has 3 N–H and O–H groups in total. The van der Waals surface area contributed by atoms with Gasteiger partial charge in [-0.15, -0.1) is 0 Å². The second kappa shape index (κ2) is 5.45. The Morgan fingerprint density at radius 3 is 2.75 bits per heavy atom. The maximum atomic E-state index is 5.95. The van der Waals surface area contributed by atoms with Gasteiger partial charge in [0.25, 0.3) is 0 Å². The van der Waals surface area contributed by atoms with Crippen LogP contribution in [0.2, 0.25) is 0 Å². The van der Waals surface area contributed by atoms with Crippen LogP contribution in [0.1, 0.15) is 25.7 Å². The van der Waals surface area contributed by atoms with Crippen LogP contribution in [0.3, 0.4) is 0 Å². The molecule has 0 aromatic rings. The van der Waals surface area contributed by atoms with Crippen LogP contribution in [0, 0.1) is 0 Å². The van der Waals surface area contributed by atoms with Crippen LogP contribution in [-0.2, 0) is 4.74 Å². The van der Waals surface area contributed by atoms with E-state index in [9.17, 15) is 0 Å². The molecule has 0 bridgehead atoms. The smallest absolute Gasteiger partial charge is 0.0700 e. The Bertz CT molecular complexity index is 208. The van der Waals surface area contributed by atoms with Crippen LogP contribution in [0.4, 0.5) is 0 Å². The molecule has 2 aliphatic heterocycles. The van der Waals surface area contributed by atoms with E-state index in [0.717, 1.165) is 45.6 Å². The van der Waals surface area contributed by atoms with Gasteiger partial charge in [0.1, 0.15) is 0 Å². The lowest BCUT2D eigenvalue weighted by atomic mass is 9.87. The zero-order valence-electron chi connectivity index (χ0n) is 10.4. The number of likely N-dealkylation sites (tertiary alicyclic amines) is 1. The first-order valence-corrected chi connectivity index (χ1v) is 6.49. The zero-order valence-corrected chi connectivity index (χ0v) is 10.4. The fraction of sp³-hybridized carbons (Fsp3) is 1.00. The summed E-state index contributed by atoms with van der Waals surface area (Å²) in [5.41, 5.74) is 6.11. The summed E-state index contributed by atoms with van der Waals surface area (Å²) in [5.74, 6) is 0. The summed E-state index contributed by atoms with van der Waals surface area (Å²) < 4.78 is 5.64. The van der Waals surface area contributed by atoms with Gasteiger partial charge in [0, 0.05) is 25.2 Å². The van der Waals surface area contributed by atoms with Gasteiger partial charge in [-0.3, -0.25) is 0 Å². The Hall–Kier alpha value is -0.160. The predicted octanol–water partition coefficient (Wildman–Crippen LogP) is 0.178. The minimum atomic E-state index is 0.165. The molecule has 0 saturated carbocycles. The summed E-state index contributed by atoms with van der Waals surface area (Å²) in [7, 11) is 2.18. The molecule has 4 heteroatoms. The Morgan fingerprint density at radius 2 is 2.19 bits per heavy atom. The van der Waals surface area contributed by atoms with Crippen molar-refractivity contribution >= 4 is 0 Å². The Labute approximate surface area is 98.5 Å². The molecule has 16 heavy (non-hydrogen) atoms. The molecule has 2 rings (SSSR count). The third-order valence-electron chi connectivity index (χ3n) is 4.06. The number of nitrogens with zero attached hydrogens (tertiary/aromatic N) is 1. The molecule has 2 saturated heterocycles. The standard InChI is InChI=1S/C12H25N3O/c1-15-6-4-12(10-13,5-7-15)14-9-11-3-2-8-16-11/h11,14H,2-10,13H2,1H3. The van der Waals surface area contributed by atoms with Crippen molar-refractivity contribution in [3.63, 3.8) is 0 Å². The molecule has 0 amide bonds. The van der Waals surface area contributed by atoms with Crippen molar-refractivity contribution in [2.45, 2.75) is 37.3 Å². The predicted molar refractivity (Wildman–Crippen MR) is 65.5 cm³/mol. The van der Waals surface area contributed by atoms with Crippen molar-refractivity contribution in [3.05, 3.63) is 0 Å². The molecule has 0 aliphatic carbocycles. The van der Waals surface area contributed by atoms with Gasteiger partial charge >= 0.3 is 0 Å². The molecule has 0 spiro atoms. The summed E-state index contributed by atoms with van der Waals surface area (Å²) in [5, 5.41) is 3.67. The molecule has 2 heterocycles. The van der Waals surface area contributed by atoms with Crippen molar-refractivity contribution in [1.29, 1.82) is 0 Å². The van der Waals surface area contributed by atoms with Gasteiger partial charge in [-0.1, -0.05) is 0 Å². The average molecular weight is 227 g/mol. The van der Waals surface area contributed by atoms with Crippen molar-refractivity contribution in [2.75, 3.05) is 39.8 Å². The van der Waals surface area contributed by atoms with Crippen LogP contribution in [0.5, 0.6) is 0 Å². The number of hydrogen-bond acceptors (Lipinski definition) is 4. The molecule has 2 fully saturated rings. The first kappa shape index (κ1) is 12.3. The monoisotopic (exact) mass is 227 g/mol. The molecule has 0 radical (unpaired) electrons. The van der Waals surface area contributed by atoms with Crippen LogP contribution in [0.25, 0.3) is 0 Å². The van der Waals surface area contributed by atoms with Crippen LogP contribution >= 0.6 is 0 Å². The summed E-state index contributed by atoms with van der Waals surface area (Å²) in [6, 6.07) is 0. The summed E-state index contributed by atoms with van der Waals surface area (Å²) in [6.45, 7) is 4.95. The highest BCUT2D eigenvalue weighted by Crippen LogP contribution is 2.21. The van der Waals surface area contributed by atoms with Crippen LogP contribution in [0.15, 0.2) is 0 Å². The van der Waals surface area contributed by atoms with Crippen molar-refractivity contribution in [2.24, 2.45) is 5.73 Å². The van der Waals surface area contributed by atoms with Gasteiger partial charge in [-0.25, -0.2) is 0 Å². The fourth-order valence-corrected chi connectivity index (χ4v) is 2.64. The molecular formula is C12H25N3O. The SMILES string of the molecule is CN1CCC(CN)(NCC2CCCO2)CC1. The lowest BCUT2D eigenvalue weighted by Crippen LogP contribution is -2.58. The van der Waals surface area contributed by atoms with Gasteiger partial charge in [0.05, 0.1) is 6.10 Å². The summed E-state index contributed by atoms with van der Waals surface area (Å²) >= 11 is 0. The summed E-state index contributed by atoms with van der Waals surface area (Å²) in [4.78, 5) is 2.38. The van der Waals surface area contributed by atoms with E-state index in [-0.39, 0.29) is 5.54 Å². The molecule has 4 nitrogen and oxygen atoms in total. The number of nitrogens with two attached hydrogens (primary N) is 1. The second-order valence-electron chi connectivity index (χ2n) is 5.30. The average Bonchev–Trinajstić information content (AvgIpc) is 2.82. The Morgan fingerprint density at radius 1 is 1.44 bits per heavy atom. The van der Waals surface area contributed by atoms with E-state index in [1.807, 2.05) is 0 Å². The van der Waals surface area contributed by atoms with E-state index in [1.165, 1.54) is 12.8 Å². The Balaban J connectivity index is 1.79. The summed E-state index contributed by atoms with van der Waals surface area (Å²) in [6.07, 6.45) is 5.15. The second-order valence-corrected chi connectivity index (χ2v) is 5.30. The van der Waals surface area contributed by atoms with E-state index in [2.05, 4.69) is 17.3 Å². The van der Waals surface area contributed by atoms with Gasteiger partial charge in [0.15, 0.2) is 0 Å². The maximum absolute atomic E-state index is 5.95. The van der Waals surface area contributed by atoms with E-state index in [0.29, 0.717) is 6.10 Å². The van der Waals surface area contributed by atoms with Crippen LogP contribution < -0.4 is 11.1 Å². The first-order valence-electron chi connectivity index (χ1n) is 6.49. The Kier molecular flexibility index (Phi) is 4.19. The normalized spacial score (nSPS) is 30.8. The van der Waals surface area contributed by atoms with Crippen molar-refractivity contribution in [1.82, 2.24) is 10.2 Å². The van der Waals surface area contributed by atoms with E-state index >= 15 is 0 Å². The number of nitrogens with one attached hydrogen (secondary N) is 1. The van der Waals surface area contributed by atoms with Crippen molar-refractivity contribution in [3.8, 4) is 0 Å². The van der Waals surface area contributed by atoms with Gasteiger partial charge in [0.2, 0.25) is 0 Å². The minimum Gasteiger partial charge on any atom is -0.377 e. The fourth-order valence-electron chi connectivity index (χ4n) is 2.64. The molecule has 0 aromatic heterocycles. The molecule has 1 atom stereocenters. The highest BCUT2D eigenvalue weighted by molar-refractivity contribution is 4.94. The lowest BCUT2D eigenvalue weighted by molar-refractivity contribution is 0.0886. The third-order valence-corrected chi connectivity index (χ3v) is 4.06. The van der Waals surface area contributed by atoms with Crippen molar-refractivity contribution < 1.29 is 4.74 Å². The van der Waals surface area contributed by atoms with E-state index < -0.39 is 0 Å². The molecule has 0 aromatic carbocycles. The van der Waals surface area contributed by atoms with Gasteiger partial charge in [-0.2, -0.15) is 0 Å². The maximum Gasteiger partial charge on any atom is 0.0700 e. The molecule has 1 unspecified atom stereocenters. The first-order chi connectivity index (χ1) is 7.74. The van der Waals surface area contributed by atoms with Crippen LogP contribution in [-0.4, -0.2) is 56.4 Å². The highest BCUT2D eigenvalue weighted by atomic mass is 16.5. The number of piperidine rings is 1. The van der Waals surface area contributed by atoms with E-state index in [1.54, 1.807) is 0 Å². The molecular weight excluding hydrogens is 202 g/mol. The zero-order chi connectivity index (χ0) is 11.4. The highest BCUT2D eigenvalue weighted by Gasteiger charge is 2.32.